The van der Waals surface area contributed by atoms with Gasteiger partial charge in [0.25, 0.3) is 0 Å². The molecule has 0 aromatic carbocycles. The van der Waals surface area contributed by atoms with Crippen molar-refractivity contribution in [2.24, 2.45) is 0 Å². The van der Waals surface area contributed by atoms with Crippen molar-refractivity contribution in [1.29, 1.82) is 0 Å². The highest BCUT2D eigenvalue weighted by Gasteiger charge is 2.31. The Hall–Kier alpha value is -0.830. The molecule has 3 heteroatoms. The van der Waals surface area contributed by atoms with Gasteiger partial charge in [-0.1, -0.05) is 13.8 Å². The predicted molar refractivity (Wildman–Crippen MR) is 48.5 cm³/mol. The first kappa shape index (κ1) is 8.75. The minimum absolute atomic E-state index is 0.0908. The Morgan fingerprint density at radius 1 is 1.54 bits per heavy atom. The maximum atomic E-state index is 8.90. The number of rotatable bonds is 3. The standard InChI is InChI=1S/C10H15NO2/c1-6(2)10-9(7-3-4-7)11-8(5-12)13-10/h6-7,12H,3-5H2,1-2H3. The Balaban J connectivity index is 2.33. The smallest absolute Gasteiger partial charge is 0.220 e. The van der Waals surface area contributed by atoms with Crippen LogP contribution in [0.1, 0.15) is 55.9 Å². The molecule has 72 valence electrons. The fraction of sp³-hybridized carbons (Fsp3) is 0.700. The Morgan fingerprint density at radius 2 is 2.23 bits per heavy atom. The van der Waals surface area contributed by atoms with Gasteiger partial charge in [-0.25, -0.2) is 4.98 Å². The van der Waals surface area contributed by atoms with Crippen LogP contribution in [0.4, 0.5) is 0 Å². The molecule has 1 N–H and O–H groups in total. The molecule has 0 unspecified atom stereocenters. The lowest BCUT2D eigenvalue weighted by molar-refractivity contribution is 0.235. The van der Waals surface area contributed by atoms with Crippen LogP contribution in [0.15, 0.2) is 4.42 Å². The van der Waals surface area contributed by atoms with E-state index in [1.807, 2.05) is 0 Å². The maximum absolute atomic E-state index is 8.90. The van der Waals surface area contributed by atoms with Crippen molar-refractivity contribution in [3.63, 3.8) is 0 Å². The highest BCUT2D eigenvalue weighted by molar-refractivity contribution is 5.22. The molecule has 0 aliphatic heterocycles. The molecule has 1 aromatic heterocycles. The van der Waals surface area contributed by atoms with Gasteiger partial charge in [-0.15, -0.1) is 0 Å². The molecular weight excluding hydrogens is 166 g/mol. The van der Waals surface area contributed by atoms with E-state index in [1.165, 1.54) is 12.8 Å². The van der Waals surface area contributed by atoms with Crippen molar-refractivity contribution in [2.45, 2.75) is 45.1 Å². The van der Waals surface area contributed by atoms with E-state index in [0.29, 0.717) is 17.7 Å². The summed E-state index contributed by atoms with van der Waals surface area (Å²) in [4.78, 5) is 4.30. The third-order valence-electron chi connectivity index (χ3n) is 2.35. The fourth-order valence-corrected chi connectivity index (χ4v) is 1.52. The number of aromatic nitrogens is 1. The van der Waals surface area contributed by atoms with Crippen LogP contribution >= 0.6 is 0 Å². The number of hydrogen-bond acceptors (Lipinski definition) is 3. The molecule has 1 fully saturated rings. The fourth-order valence-electron chi connectivity index (χ4n) is 1.52. The van der Waals surface area contributed by atoms with E-state index in [9.17, 15) is 0 Å². The van der Waals surface area contributed by atoms with E-state index in [4.69, 9.17) is 9.52 Å². The molecule has 1 saturated carbocycles. The lowest BCUT2D eigenvalue weighted by atomic mass is 10.1. The van der Waals surface area contributed by atoms with E-state index in [2.05, 4.69) is 18.8 Å². The molecule has 3 nitrogen and oxygen atoms in total. The van der Waals surface area contributed by atoms with Crippen molar-refractivity contribution in [2.75, 3.05) is 0 Å². The topological polar surface area (TPSA) is 46.3 Å². The minimum atomic E-state index is -0.0908. The first-order chi connectivity index (χ1) is 6.22. The number of hydrogen-bond donors (Lipinski definition) is 1. The molecule has 2 rings (SSSR count). The number of nitrogens with zero attached hydrogens (tertiary/aromatic N) is 1. The van der Waals surface area contributed by atoms with Crippen LogP contribution in [0.3, 0.4) is 0 Å². The van der Waals surface area contributed by atoms with E-state index < -0.39 is 0 Å². The van der Waals surface area contributed by atoms with Gasteiger partial charge in [0.1, 0.15) is 12.4 Å². The zero-order valence-corrected chi connectivity index (χ0v) is 8.08. The quantitative estimate of drug-likeness (QED) is 0.777. The largest absolute Gasteiger partial charge is 0.443 e. The highest BCUT2D eigenvalue weighted by atomic mass is 16.4. The van der Waals surface area contributed by atoms with Gasteiger partial charge in [0, 0.05) is 11.8 Å². The Morgan fingerprint density at radius 3 is 2.69 bits per heavy atom. The molecule has 0 atom stereocenters. The first-order valence-electron chi connectivity index (χ1n) is 4.82. The Bertz CT molecular complexity index is 280. The summed E-state index contributed by atoms with van der Waals surface area (Å²) < 4.78 is 5.47. The monoisotopic (exact) mass is 181 g/mol. The van der Waals surface area contributed by atoms with Gasteiger partial charge in [0.15, 0.2) is 0 Å². The lowest BCUT2D eigenvalue weighted by Gasteiger charge is -2.01. The highest BCUT2D eigenvalue weighted by Crippen LogP contribution is 2.42. The molecule has 0 bridgehead atoms. The van der Waals surface area contributed by atoms with Crippen molar-refractivity contribution >= 4 is 0 Å². The summed E-state index contributed by atoms with van der Waals surface area (Å²) in [6.07, 6.45) is 2.44. The number of aliphatic hydroxyl groups excluding tert-OH is 1. The summed E-state index contributed by atoms with van der Waals surface area (Å²) in [5.41, 5.74) is 1.08. The van der Waals surface area contributed by atoms with Crippen LogP contribution in [0, 0.1) is 0 Å². The Kier molecular flexibility index (Phi) is 2.12. The average molecular weight is 181 g/mol. The zero-order chi connectivity index (χ0) is 9.42. The summed E-state index contributed by atoms with van der Waals surface area (Å²) in [6.45, 7) is 4.09. The maximum Gasteiger partial charge on any atom is 0.220 e. The molecule has 0 saturated heterocycles. The molecule has 1 aliphatic rings. The van der Waals surface area contributed by atoms with Gasteiger partial charge in [-0.05, 0) is 12.8 Å². The summed E-state index contributed by atoms with van der Waals surface area (Å²) in [6, 6.07) is 0. The van der Waals surface area contributed by atoms with E-state index in [-0.39, 0.29) is 6.61 Å². The van der Waals surface area contributed by atoms with E-state index in [0.717, 1.165) is 11.5 Å². The van der Waals surface area contributed by atoms with Gasteiger partial charge in [-0.3, -0.25) is 0 Å². The Labute approximate surface area is 77.8 Å². The molecule has 1 heterocycles. The molecule has 0 radical (unpaired) electrons. The summed E-state index contributed by atoms with van der Waals surface area (Å²) in [5.74, 6) is 2.39. The predicted octanol–water partition coefficient (Wildman–Crippen LogP) is 2.17. The number of oxazole rings is 1. The van der Waals surface area contributed by atoms with Crippen molar-refractivity contribution in [3.05, 3.63) is 17.3 Å². The SMILES string of the molecule is CC(C)c1oc(CO)nc1C1CC1. The molecule has 1 aromatic rings. The van der Waals surface area contributed by atoms with Gasteiger partial charge < -0.3 is 9.52 Å². The number of aliphatic hydroxyl groups is 1. The minimum Gasteiger partial charge on any atom is -0.443 e. The summed E-state index contributed by atoms with van der Waals surface area (Å²) in [7, 11) is 0. The second kappa shape index (κ2) is 3.14. The molecule has 0 spiro atoms. The zero-order valence-electron chi connectivity index (χ0n) is 8.08. The van der Waals surface area contributed by atoms with Gasteiger partial charge >= 0.3 is 0 Å². The van der Waals surface area contributed by atoms with Gasteiger partial charge in [0.05, 0.1) is 5.69 Å². The van der Waals surface area contributed by atoms with Crippen molar-refractivity contribution in [3.8, 4) is 0 Å². The second-order valence-electron chi connectivity index (χ2n) is 3.94. The normalized spacial score (nSPS) is 16.9. The van der Waals surface area contributed by atoms with Gasteiger partial charge in [-0.2, -0.15) is 0 Å². The third-order valence-corrected chi connectivity index (χ3v) is 2.35. The summed E-state index contributed by atoms with van der Waals surface area (Å²) in [5, 5.41) is 8.90. The van der Waals surface area contributed by atoms with Crippen LogP contribution < -0.4 is 0 Å². The molecule has 0 amide bonds. The third kappa shape index (κ3) is 1.61. The second-order valence-corrected chi connectivity index (χ2v) is 3.94. The lowest BCUT2D eigenvalue weighted by Crippen LogP contribution is -1.90. The molecular formula is C10H15NO2. The van der Waals surface area contributed by atoms with E-state index >= 15 is 0 Å². The first-order valence-corrected chi connectivity index (χ1v) is 4.82. The van der Waals surface area contributed by atoms with Crippen LogP contribution in [0.2, 0.25) is 0 Å². The van der Waals surface area contributed by atoms with E-state index in [1.54, 1.807) is 0 Å². The van der Waals surface area contributed by atoms with Crippen molar-refractivity contribution < 1.29 is 9.52 Å². The average Bonchev–Trinajstić information content (AvgIpc) is 2.84. The van der Waals surface area contributed by atoms with Crippen LogP contribution in [0.25, 0.3) is 0 Å². The molecule has 1 aliphatic carbocycles. The van der Waals surface area contributed by atoms with Crippen LogP contribution in [-0.2, 0) is 6.61 Å². The van der Waals surface area contributed by atoms with Crippen LogP contribution in [-0.4, -0.2) is 10.1 Å². The van der Waals surface area contributed by atoms with Gasteiger partial charge in [0.2, 0.25) is 5.89 Å². The van der Waals surface area contributed by atoms with Crippen molar-refractivity contribution in [1.82, 2.24) is 4.98 Å². The molecule has 13 heavy (non-hydrogen) atoms. The summed E-state index contributed by atoms with van der Waals surface area (Å²) >= 11 is 0. The van der Waals surface area contributed by atoms with Crippen LogP contribution in [0.5, 0.6) is 0 Å².